The number of carbonyl (C=O) groups is 1. The fourth-order valence-corrected chi connectivity index (χ4v) is 2.48. The van der Waals surface area contributed by atoms with Crippen LogP contribution in [0, 0.1) is 6.92 Å². The van der Waals surface area contributed by atoms with Crippen molar-refractivity contribution in [1.29, 1.82) is 0 Å². The molecule has 1 aromatic rings. The minimum absolute atomic E-state index is 0.0745. The molecule has 2 rings (SSSR count). The van der Waals surface area contributed by atoms with Gasteiger partial charge in [0.1, 0.15) is 6.61 Å². The van der Waals surface area contributed by atoms with E-state index in [1.165, 1.54) is 5.56 Å². The monoisotopic (exact) mass is 262 g/mol. The van der Waals surface area contributed by atoms with E-state index in [1.54, 1.807) is 0 Å². The van der Waals surface area contributed by atoms with E-state index in [0.29, 0.717) is 6.54 Å². The molecule has 0 radical (unpaired) electrons. The largest absolute Gasteiger partial charge is 0.364 e. The highest BCUT2D eigenvalue weighted by molar-refractivity contribution is 5.91. The molecule has 1 fully saturated rings. The summed E-state index contributed by atoms with van der Waals surface area (Å²) in [5, 5.41) is 2.83. The highest BCUT2D eigenvalue weighted by atomic mass is 16.5. The molecule has 0 aliphatic heterocycles. The van der Waals surface area contributed by atoms with Gasteiger partial charge in [-0.1, -0.05) is 30.5 Å². The van der Waals surface area contributed by atoms with Gasteiger partial charge in [-0.15, -0.1) is 0 Å². The Labute approximate surface area is 114 Å². The van der Waals surface area contributed by atoms with E-state index in [4.69, 9.17) is 10.5 Å². The molecule has 0 spiro atoms. The average Bonchev–Trinajstić information content (AvgIpc) is 2.89. The fourth-order valence-electron chi connectivity index (χ4n) is 2.48. The molecule has 0 aromatic heterocycles. The number of carbonyl (C=O) groups excluding carboxylic acids is 1. The Bertz CT molecular complexity index is 422. The molecule has 1 aliphatic carbocycles. The second kappa shape index (κ2) is 6.17. The van der Waals surface area contributed by atoms with Crippen LogP contribution in [0.5, 0.6) is 0 Å². The van der Waals surface area contributed by atoms with Gasteiger partial charge in [0.05, 0.1) is 5.60 Å². The number of hydrogen-bond acceptors (Lipinski definition) is 3. The number of hydrogen-bond donors (Lipinski definition) is 2. The van der Waals surface area contributed by atoms with Crippen LogP contribution in [-0.2, 0) is 9.53 Å². The molecule has 4 heteroatoms. The quantitative estimate of drug-likeness (QED) is 0.855. The van der Waals surface area contributed by atoms with Gasteiger partial charge in [-0.25, -0.2) is 0 Å². The summed E-state index contributed by atoms with van der Waals surface area (Å²) in [4.78, 5) is 11.8. The van der Waals surface area contributed by atoms with Crippen LogP contribution in [0.3, 0.4) is 0 Å². The lowest BCUT2D eigenvalue weighted by molar-refractivity contribution is -0.127. The minimum atomic E-state index is -0.273. The molecular weight excluding hydrogens is 240 g/mol. The Hall–Kier alpha value is -1.39. The summed E-state index contributed by atoms with van der Waals surface area (Å²) >= 11 is 0. The molecule has 1 aromatic carbocycles. The van der Waals surface area contributed by atoms with E-state index in [1.807, 2.05) is 31.2 Å². The second-order valence-electron chi connectivity index (χ2n) is 5.30. The third kappa shape index (κ3) is 3.78. The summed E-state index contributed by atoms with van der Waals surface area (Å²) < 4.78 is 5.76. The van der Waals surface area contributed by atoms with Crippen molar-refractivity contribution in [2.75, 3.05) is 18.5 Å². The van der Waals surface area contributed by atoms with Crippen LogP contribution < -0.4 is 11.1 Å². The molecule has 19 heavy (non-hydrogen) atoms. The van der Waals surface area contributed by atoms with E-state index in [9.17, 15) is 4.79 Å². The zero-order valence-electron chi connectivity index (χ0n) is 11.4. The Morgan fingerprint density at radius 3 is 2.53 bits per heavy atom. The third-order valence-corrected chi connectivity index (χ3v) is 3.73. The van der Waals surface area contributed by atoms with E-state index in [-0.39, 0.29) is 18.1 Å². The van der Waals surface area contributed by atoms with Gasteiger partial charge < -0.3 is 15.8 Å². The van der Waals surface area contributed by atoms with E-state index in [0.717, 1.165) is 31.4 Å². The number of nitrogens with two attached hydrogens (primary N) is 1. The topological polar surface area (TPSA) is 64.3 Å². The van der Waals surface area contributed by atoms with Crippen LogP contribution >= 0.6 is 0 Å². The van der Waals surface area contributed by atoms with Crippen molar-refractivity contribution in [3.8, 4) is 0 Å². The summed E-state index contributed by atoms with van der Waals surface area (Å²) in [5.74, 6) is -0.122. The molecule has 0 unspecified atom stereocenters. The summed E-state index contributed by atoms with van der Waals surface area (Å²) in [6, 6.07) is 7.71. The minimum Gasteiger partial charge on any atom is -0.364 e. The maximum atomic E-state index is 11.8. The standard InChI is InChI=1S/C15H22N2O2/c1-12-4-6-13(7-5-12)17-14(18)10-19-15(11-16)8-2-3-9-15/h4-7H,2-3,8-11,16H2,1H3,(H,17,18). The summed E-state index contributed by atoms with van der Waals surface area (Å²) in [6.45, 7) is 2.58. The maximum Gasteiger partial charge on any atom is 0.250 e. The molecule has 0 bridgehead atoms. The van der Waals surface area contributed by atoms with E-state index >= 15 is 0 Å². The van der Waals surface area contributed by atoms with Crippen LogP contribution in [0.25, 0.3) is 0 Å². The van der Waals surface area contributed by atoms with Crippen molar-refractivity contribution in [3.63, 3.8) is 0 Å². The van der Waals surface area contributed by atoms with Crippen molar-refractivity contribution in [2.24, 2.45) is 5.73 Å². The van der Waals surface area contributed by atoms with Gasteiger partial charge in [0.25, 0.3) is 0 Å². The van der Waals surface area contributed by atoms with Crippen LogP contribution in [-0.4, -0.2) is 24.7 Å². The fraction of sp³-hybridized carbons (Fsp3) is 0.533. The SMILES string of the molecule is Cc1ccc(NC(=O)COC2(CN)CCCC2)cc1. The highest BCUT2D eigenvalue weighted by Crippen LogP contribution is 2.32. The van der Waals surface area contributed by atoms with Gasteiger partial charge in [-0.3, -0.25) is 4.79 Å². The summed E-state index contributed by atoms with van der Waals surface area (Å²) in [6.07, 6.45) is 4.19. The predicted octanol–water partition coefficient (Wildman–Crippen LogP) is 2.22. The Morgan fingerprint density at radius 2 is 1.95 bits per heavy atom. The van der Waals surface area contributed by atoms with Crippen LogP contribution in [0.4, 0.5) is 5.69 Å². The second-order valence-corrected chi connectivity index (χ2v) is 5.30. The molecule has 0 saturated heterocycles. The number of ether oxygens (including phenoxy) is 1. The average molecular weight is 262 g/mol. The summed E-state index contributed by atoms with van der Waals surface area (Å²) in [5.41, 5.74) is 7.46. The molecule has 104 valence electrons. The van der Waals surface area contributed by atoms with E-state index < -0.39 is 0 Å². The van der Waals surface area contributed by atoms with Crippen LogP contribution in [0.1, 0.15) is 31.2 Å². The van der Waals surface area contributed by atoms with Crippen LogP contribution in [0.15, 0.2) is 24.3 Å². The first-order valence-corrected chi connectivity index (χ1v) is 6.84. The molecule has 4 nitrogen and oxygen atoms in total. The highest BCUT2D eigenvalue weighted by Gasteiger charge is 2.33. The molecule has 0 heterocycles. The van der Waals surface area contributed by atoms with Gasteiger partial charge in [0, 0.05) is 12.2 Å². The number of benzene rings is 1. The molecule has 1 saturated carbocycles. The normalized spacial score (nSPS) is 17.4. The van der Waals surface area contributed by atoms with Gasteiger partial charge in [0.15, 0.2) is 0 Å². The number of nitrogens with one attached hydrogen (secondary N) is 1. The third-order valence-electron chi connectivity index (χ3n) is 3.73. The zero-order chi connectivity index (χ0) is 13.7. The first-order valence-electron chi connectivity index (χ1n) is 6.84. The number of anilines is 1. The van der Waals surface area contributed by atoms with Gasteiger partial charge >= 0.3 is 0 Å². The predicted molar refractivity (Wildman–Crippen MR) is 76.0 cm³/mol. The molecule has 1 amide bonds. The van der Waals surface area contributed by atoms with Crippen molar-refractivity contribution >= 4 is 11.6 Å². The lowest BCUT2D eigenvalue weighted by Gasteiger charge is -2.27. The first-order chi connectivity index (χ1) is 9.13. The van der Waals surface area contributed by atoms with Crippen molar-refractivity contribution in [3.05, 3.63) is 29.8 Å². The maximum absolute atomic E-state index is 11.8. The molecule has 0 atom stereocenters. The van der Waals surface area contributed by atoms with E-state index in [2.05, 4.69) is 5.32 Å². The van der Waals surface area contributed by atoms with Gasteiger partial charge in [-0.2, -0.15) is 0 Å². The Morgan fingerprint density at radius 1 is 1.32 bits per heavy atom. The smallest absolute Gasteiger partial charge is 0.250 e. The summed E-state index contributed by atoms with van der Waals surface area (Å²) in [7, 11) is 0. The Balaban J connectivity index is 1.82. The molecule has 1 aliphatic rings. The van der Waals surface area contributed by atoms with Gasteiger partial charge in [0.2, 0.25) is 5.91 Å². The van der Waals surface area contributed by atoms with Crippen molar-refractivity contribution in [2.45, 2.75) is 38.2 Å². The van der Waals surface area contributed by atoms with Crippen LogP contribution in [0.2, 0.25) is 0 Å². The lowest BCUT2D eigenvalue weighted by Crippen LogP contribution is -2.40. The molecule has 3 N–H and O–H groups in total. The zero-order valence-corrected chi connectivity index (χ0v) is 11.4. The van der Waals surface area contributed by atoms with Crippen molar-refractivity contribution < 1.29 is 9.53 Å². The van der Waals surface area contributed by atoms with Gasteiger partial charge in [-0.05, 0) is 31.9 Å². The number of amides is 1. The number of aryl methyl sites for hydroxylation is 1. The molecular formula is C15H22N2O2. The Kier molecular flexibility index (Phi) is 4.56. The number of rotatable bonds is 5. The first kappa shape index (κ1) is 14.0. The lowest BCUT2D eigenvalue weighted by atomic mass is 10.0. The van der Waals surface area contributed by atoms with Crippen molar-refractivity contribution in [1.82, 2.24) is 0 Å².